The molecule has 7 heteroatoms. The molecule has 2 N–H and O–H groups in total. The van der Waals surface area contributed by atoms with E-state index in [-0.39, 0.29) is 17.7 Å². The van der Waals surface area contributed by atoms with Gasteiger partial charge in [0.15, 0.2) is 0 Å². The summed E-state index contributed by atoms with van der Waals surface area (Å²) in [5.41, 5.74) is -1.06. The summed E-state index contributed by atoms with van der Waals surface area (Å²) < 4.78 is 39.3. The largest absolute Gasteiger partial charge is 0.478 e. The van der Waals surface area contributed by atoms with Gasteiger partial charge in [0, 0.05) is 19.6 Å². The van der Waals surface area contributed by atoms with Gasteiger partial charge in [-0.2, -0.15) is 13.2 Å². The third-order valence-corrected chi connectivity index (χ3v) is 3.77. The number of aromatic carboxylic acids is 1. The van der Waals surface area contributed by atoms with Gasteiger partial charge in [0.25, 0.3) is 0 Å². The second-order valence-corrected chi connectivity index (χ2v) is 5.41. The number of benzene rings is 1. The smallest absolute Gasteiger partial charge is 0.416 e. The van der Waals surface area contributed by atoms with Gasteiger partial charge >= 0.3 is 12.1 Å². The normalized spacial score (nSPS) is 17.9. The van der Waals surface area contributed by atoms with Crippen molar-refractivity contribution in [1.82, 2.24) is 4.90 Å². The van der Waals surface area contributed by atoms with Crippen molar-refractivity contribution in [3.63, 3.8) is 0 Å². The zero-order chi connectivity index (χ0) is 15.6. The second kappa shape index (κ2) is 6.03. The molecule has 2 rings (SSSR count). The minimum atomic E-state index is -4.54. The number of carbonyl (C=O) groups is 1. The molecule has 1 aromatic carbocycles. The van der Waals surface area contributed by atoms with E-state index in [2.05, 4.69) is 7.05 Å². The first-order valence-electron chi connectivity index (χ1n) is 6.74. The van der Waals surface area contributed by atoms with Crippen molar-refractivity contribution in [3.05, 3.63) is 34.9 Å². The Labute approximate surface area is 120 Å². The van der Waals surface area contributed by atoms with Crippen molar-refractivity contribution < 1.29 is 28.0 Å². The number of alkyl halides is 3. The Morgan fingerprint density at radius 1 is 1.33 bits per heavy atom. The number of nitrogens with zero attached hydrogens (tertiary/aromatic N) is 1. The van der Waals surface area contributed by atoms with Gasteiger partial charge in [-0.05, 0) is 17.7 Å². The zero-order valence-corrected chi connectivity index (χ0v) is 11.7. The van der Waals surface area contributed by atoms with Gasteiger partial charge in [0.2, 0.25) is 0 Å². The Morgan fingerprint density at radius 3 is 2.48 bits per heavy atom. The van der Waals surface area contributed by atoms with E-state index < -0.39 is 17.7 Å². The summed E-state index contributed by atoms with van der Waals surface area (Å²) in [5.74, 6) is -1.35. The second-order valence-electron chi connectivity index (χ2n) is 5.41. The minimum Gasteiger partial charge on any atom is -0.478 e. The van der Waals surface area contributed by atoms with Crippen LogP contribution >= 0.6 is 0 Å². The molecule has 0 bridgehead atoms. The van der Waals surface area contributed by atoms with Crippen LogP contribution in [-0.4, -0.2) is 49.2 Å². The molecular weight excluding hydrogens is 285 g/mol. The average molecular weight is 303 g/mol. The van der Waals surface area contributed by atoms with Gasteiger partial charge < -0.3 is 10.0 Å². The number of nitrogens with one attached hydrogen (secondary N) is 1. The first kappa shape index (κ1) is 15.8. The number of hydrogen-bond acceptors (Lipinski definition) is 2. The molecule has 4 nitrogen and oxygen atoms in total. The molecule has 1 fully saturated rings. The van der Waals surface area contributed by atoms with Crippen LogP contribution in [0.3, 0.4) is 0 Å². The highest BCUT2D eigenvalue weighted by molar-refractivity contribution is 5.88. The van der Waals surface area contributed by atoms with Crippen molar-refractivity contribution in [2.45, 2.75) is 12.7 Å². The van der Waals surface area contributed by atoms with Crippen molar-refractivity contribution in [2.24, 2.45) is 0 Å². The van der Waals surface area contributed by atoms with Crippen LogP contribution in [0.5, 0.6) is 0 Å². The average Bonchev–Trinajstić information content (AvgIpc) is 2.40. The van der Waals surface area contributed by atoms with E-state index in [1.807, 2.05) is 4.90 Å². The first-order chi connectivity index (χ1) is 9.77. The number of piperazine rings is 1. The lowest BCUT2D eigenvalue weighted by Gasteiger charge is -2.30. The van der Waals surface area contributed by atoms with Gasteiger partial charge in [-0.3, -0.25) is 4.90 Å². The summed E-state index contributed by atoms with van der Waals surface area (Å²) in [5, 5.41) is 8.84. The number of hydrogen-bond donors (Lipinski definition) is 2. The van der Waals surface area contributed by atoms with Crippen LogP contribution in [0.25, 0.3) is 0 Å². The van der Waals surface area contributed by atoms with Crippen molar-refractivity contribution in [2.75, 3.05) is 33.2 Å². The molecule has 1 aliphatic heterocycles. The molecule has 0 amide bonds. The number of likely N-dealkylation sites (N-methyl/N-ethyl adjacent to an activating group) is 1. The van der Waals surface area contributed by atoms with Crippen LogP contribution in [0, 0.1) is 0 Å². The topological polar surface area (TPSA) is 45.0 Å². The summed E-state index contributed by atoms with van der Waals surface area (Å²) in [6.07, 6.45) is -4.54. The van der Waals surface area contributed by atoms with Crippen LogP contribution in [0.2, 0.25) is 0 Å². The van der Waals surface area contributed by atoms with Crippen LogP contribution in [0.15, 0.2) is 18.2 Å². The SMILES string of the molecule is C[NH+]1CCN(Cc2ccc(C(=O)O)cc2C(F)(F)F)CC1. The van der Waals surface area contributed by atoms with Crippen molar-refractivity contribution in [1.29, 1.82) is 0 Å². The fraction of sp³-hybridized carbons (Fsp3) is 0.500. The standard InChI is InChI=1S/C14H17F3N2O2/c1-18-4-6-19(7-5-18)9-11-3-2-10(13(20)21)8-12(11)14(15,16)17/h2-3,8H,4-7,9H2,1H3,(H,20,21)/p+1. The Bertz CT molecular complexity index is 523. The number of rotatable bonds is 3. The predicted molar refractivity (Wildman–Crippen MR) is 70.3 cm³/mol. The quantitative estimate of drug-likeness (QED) is 0.865. The van der Waals surface area contributed by atoms with Crippen molar-refractivity contribution >= 4 is 5.97 Å². The molecule has 1 heterocycles. The zero-order valence-electron chi connectivity index (χ0n) is 11.7. The van der Waals surface area contributed by atoms with Crippen molar-refractivity contribution in [3.8, 4) is 0 Å². The first-order valence-corrected chi connectivity index (χ1v) is 6.74. The number of quaternary nitrogens is 1. The van der Waals surface area contributed by atoms with Crippen LogP contribution in [-0.2, 0) is 12.7 Å². The molecule has 0 spiro atoms. The van der Waals surface area contributed by atoms with Gasteiger partial charge in [0.1, 0.15) is 0 Å². The summed E-state index contributed by atoms with van der Waals surface area (Å²) in [4.78, 5) is 14.2. The van der Waals surface area contributed by atoms with Crippen LogP contribution < -0.4 is 4.90 Å². The molecule has 116 valence electrons. The molecule has 0 aromatic heterocycles. The van der Waals surface area contributed by atoms with E-state index in [1.165, 1.54) is 17.0 Å². The summed E-state index contributed by atoms with van der Waals surface area (Å²) >= 11 is 0. The lowest BCUT2D eigenvalue weighted by molar-refractivity contribution is -0.884. The van der Waals surface area contributed by atoms with Gasteiger partial charge in [-0.25, -0.2) is 4.79 Å². The van der Waals surface area contributed by atoms with Gasteiger partial charge in [0.05, 0.1) is 31.3 Å². The summed E-state index contributed by atoms with van der Waals surface area (Å²) in [6, 6.07) is 3.23. The molecule has 0 aliphatic carbocycles. The minimum absolute atomic E-state index is 0.132. The fourth-order valence-corrected chi connectivity index (χ4v) is 2.45. The highest BCUT2D eigenvalue weighted by Crippen LogP contribution is 2.33. The molecule has 0 unspecified atom stereocenters. The monoisotopic (exact) mass is 303 g/mol. The van der Waals surface area contributed by atoms with E-state index >= 15 is 0 Å². The van der Waals surface area contributed by atoms with E-state index in [0.717, 1.165) is 32.2 Å². The van der Waals surface area contributed by atoms with Gasteiger partial charge in [-0.1, -0.05) is 6.07 Å². The highest BCUT2D eigenvalue weighted by atomic mass is 19.4. The molecule has 0 atom stereocenters. The Morgan fingerprint density at radius 2 is 1.95 bits per heavy atom. The number of carboxylic acid groups (broad SMARTS) is 1. The van der Waals surface area contributed by atoms with E-state index in [1.54, 1.807) is 0 Å². The Hall–Kier alpha value is -1.60. The summed E-state index contributed by atoms with van der Waals surface area (Å²) in [7, 11) is 2.06. The fourth-order valence-electron chi connectivity index (χ4n) is 2.45. The predicted octanol–water partition coefficient (Wildman–Crippen LogP) is 0.734. The molecule has 0 radical (unpaired) electrons. The highest BCUT2D eigenvalue weighted by Gasteiger charge is 2.34. The molecule has 21 heavy (non-hydrogen) atoms. The lowest BCUT2D eigenvalue weighted by atomic mass is 10.0. The molecular formula is C14H18F3N2O2+. The lowest BCUT2D eigenvalue weighted by Crippen LogP contribution is -3.11. The summed E-state index contributed by atoms with van der Waals surface area (Å²) in [6.45, 7) is 3.47. The van der Waals surface area contributed by atoms with Crippen LogP contribution in [0.4, 0.5) is 13.2 Å². The van der Waals surface area contributed by atoms with E-state index in [0.29, 0.717) is 0 Å². The maximum atomic E-state index is 13.1. The molecule has 1 aliphatic rings. The molecule has 1 saturated heterocycles. The maximum absolute atomic E-state index is 13.1. The maximum Gasteiger partial charge on any atom is 0.416 e. The van der Waals surface area contributed by atoms with Crippen LogP contribution in [0.1, 0.15) is 21.5 Å². The number of carboxylic acids is 1. The number of halogens is 3. The van der Waals surface area contributed by atoms with Gasteiger partial charge in [-0.15, -0.1) is 0 Å². The third kappa shape index (κ3) is 3.95. The molecule has 0 saturated carbocycles. The van der Waals surface area contributed by atoms with E-state index in [4.69, 9.17) is 5.11 Å². The van der Waals surface area contributed by atoms with E-state index in [9.17, 15) is 18.0 Å². The Kier molecular flexibility index (Phi) is 4.53. The third-order valence-electron chi connectivity index (χ3n) is 3.77. The Balaban J connectivity index is 2.24. The molecule has 1 aromatic rings.